The summed E-state index contributed by atoms with van der Waals surface area (Å²) >= 11 is 0. The Labute approximate surface area is 123 Å². The minimum atomic E-state index is -2.20. The Kier molecular flexibility index (Phi) is 4.50. The Balaban J connectivity index is 2.33. The standard InChI is InChI=1S/C17H16O4/c1-13(18)21-17(20,12-14-8-4-2-5-9-14)16(19)15-10-6-3-7-11-15/h2-11,20H,12H2,1H3. The first-order valence-corrected chi connectivity index (χ1v) is 6.57. The molecule has 1 N–H and O–H groups in total. The Morgan fingerprint density at radius 3 is 2.05 bits per heavy atom. The van der Waals surface area contributed by atoms with Gasteiger partial charge in [0.05, 0.1) is 0 Å². The van der Waals surface area contributed by atoms with E-state index >= 15 is 0 Å². The Hall–Kier alpha value is -2.46. The van der Waals surface area contributed by atoms with Crippen molar-refractivity contribution in [1.82, 2.24) is 0 Å². The molecule has 4 nitrogen and oxygen atoms in total. The number of carbonyl (C=O) groups excluding carboxylic acids is 2. The molecule has 0 aliphatic heterocycles. The molecule has 1 unspecified atom stereocenters. The van der Waals surface area contributed by atoms with Crippen LogP contribution in [0.25, 0.3) is 0 Å². The summed E-state index contributed by atoms with van der Waals surface area (Å²) in [6, 6.07) is 17.2. The van der Waals surface area contributed by atoms with Crippen LogP contribution in [0.1, 0.15) is 22.8 Å². The first-order valence-electron chi connectivity index (χ1n) is 6.57. The first kappa shape index (κ1) is 14.9. The van der Waals surface area contributed by atoms with Crippen LogP contribution in [-0.4, -0.2) is 22.6 Å². The molecule has 0 aromatic heterocycles. The lowest BCUT2D eigenvalue weighted by Gasteiger charge is -2.26. The fourth-order valence-corrected chi connectivity index (χ4v) is 2.09. The molecule has 0 saturated carbocycles. The summed E-state index contributed by atoms with van der Waals surface area (Å²) in [5.41, 5.74) is 0.989. The average Bonchev–Trinajstić information content (AvgIpc) is 2.47. The number of esters is 1. The van der Waals surface area contributed by atoms with Crippen molar-refractivity contribution in [3.8, 4) is 0 Å². The van der Waals surface area contributed by atoms with Gasteiger partial charge in [-0.2, -0.15) is 0 Å². The minimum absolute atomic E-state index is 0.0961. The molecule has 2 aromatic carbocycles. The lowest BCUT2D eigenvalue weighted by molar-refractivity contribution is -0.186. The number of ketones is 1. The molecule has 0 saturated heterocycles. The van der Waals surface area contributed by atoms with E-state index in [1.54, 1.807) is 54.6 Å². The molecular weight excluding hydrogens is 268 g/mol. The molecule has 108 valence electrons. The highest BCUT2D eigenvalue weighted by molar-refractivity contribution is 6.02. The summed E-state index contributed by atoms with van der Waals surface area (Å²) in [5, 5.41) is 10.6. The quantitative estimate of drug-likeness (QED) is 0.520. The molecule has 1 atom stereocenters. The molecular formula is C17H16O4. The number of benzene rings is 2. The third-order valence-electron chi connectivity index (χ3n) is 2.99. The zero-order chi connectivity index (χ0) is 15.3. The molecule has 2 rings (SSSR count). The van der Waals surface area contributed by atoms with E-state index in [1.165, 1.54) is 0 Å². The molecule has 21 heavy (non-hydrogen) atoms. The molecule has 0 aliphatic carbocycles. The summed E-state index contributed by atoms with van der Waals surface area (Å²) in [6.07, 6.45) is -0.0961. The Bertz CT molecular complexity index is 622. The number of hydrogen-bond acceptors (Lipinski definition) is 4. The number of aliphatic hydroxyl groups is 1. The van der Waals surface area contributed by atoms with Crippen molar-refractivity contribution in [1.29, 1.82) is 0 Å². The second-order valence-electron chi connectivity index (χ2n) is 4.74. The van der Waals surface area contributed by atoms with E-state index in [9.17, 15) is 14.7 Å². The minimum Gasteiger partial charge on any atom is -0.425 e. The van der Waals surface area contributed by atoms with Crippen molar-refractivity contribution < 1.29 is 19.4 Å². The van der Waals surface area contributed by atoms with Gasteiger partial charge in [0.2, 0.25) is 5.78 Å². The van der Waals surface area contributed by atoms with Crippen molar-refractivity contribution in [2.45, 2.75) is 19.1 Å². The normalized spacial score (nSPS) is 13.2. The molecule has 0 fully saturated rings. The third-order valence-corrected chi connectivity index (χ3v) is 2.99. The largest absolute Gasteiger partial charge is 0.425 e. The van der Waals surface area contributed by atoms with Crippen LogP contribution in [0.3, 0.4) is 0 Å². The number of hydrogen-bond donors (Lipinski definition) is 1. The van der Waals surface area contributed by atoms with Gasteiger partial charge in [-0.25, -0.2) is 0 Å². The molecule has 4 heteroatoms. The van der Waals surface area contributed by atoms with E-state index in [0.29, 0.717) is 5.56 Å². The van der Waals surface area contributed by atoms with Crippen molar-refractivity contribution in [2.75, 3.05) is 0 Å². The van der Waals surface area contributed by atoms with Crippen LogP contribution in [0.15, 0.2) is 60.7 Å². The fourth-order valence-electron chi connectivity index (χ4n) is 2.09. The smallest absolute Gasteiger partial charge is 0.305 e. The van der Waals surface area contributed by atoms with Crippen molar-refractivity contribution in [3.63, 3.8) is 0 Å². The average molecular weight is 284 g/mol. The van der Waals surface area contributed by atoms with Crippen molar-refractivity contribution in [3.05, 3.63) is 71.8 Å². The zero-order valence-corrected chi connectivity index (χ0v) is 11.7. The molecule has 0 bridgehead atoms. The molecule has 0 heterocycles. The number of ether oxygens (including phenoxy) is 1. The molecule has 0 amide bonds. The lowest BCUT2D eigenvalue weighted by atomic mass is 9.96. The maximum Gasteiger partial charge on any atom is 0.305 e. The van der Waals surface area contributed by atoms with Crippen LogP contribution in [-0.2, 0) is 16.0 Å². The van der Waals surface area contributed by atoms with E-state index in [0.717, 1.165) is 6.92 Å². The van der Waals surface area contributed by atoms with E-state index in [1.807, 2.05) is 6.07 Å². The second kappa shape index (κ2) is 6.33. The highest BCUT2D eigenvalue weighted by Crippen LogP contribution is 2.21. The van der Waals surface area contributed by atoms with Crippen LogP contribution < -0.4 is 0 Å². The zero-order valence-electron chi connectivity index (χ0n) is 11.7. The molecule has 2 aromatic rings. The lowest BCUT2D eigenvalue weighted by Crippen LogP contribution is -2.45. The summed E-state index contributed by atoms with van der Waals surface area (Å²) < 4.78 is 4.93. The highest BCUT2D eigenvalue weighted by atomic mass is 16.7. The predicted octanol–water partition coefficient (Wildman–Crippen LogP) is 2.36. The summed E-state index contributed by atoms with van der Waals surface area (Å²) in [6.45, 7) is 1.16. The monoisotopic (exact) mass is 284 g/mol. The summed E-state index contributed by atoms with van der Waals surface area (Å²) in [7, 11) is 0. The first-order chi connectivity index (χ1) is 10.0. The second-order valence-corrected chi connectivity index (χ2v) is 4.74. The van der Waals surface area contributed by atoms with E-state index in [-0.39, 0.29) is 12.0 Å². The topological polar surface area (TPSA) is 63.6 Å². The molecule has 0 spiro atoms. The van der Waals surface area contributed by atoms with Crippen LogP contribution in [0.4, 0.5) is 0 Å². The van der Waals surface area contributed by atoms with Gasteiger partial charge >= 0.3 is 5.97 Å². The van der Waals surface area contributed by atoms with Crippen molar-refractivity contribution >= 4 is 11.8 Å². The Morgan fingerprint density at radius 2 is 1.52 bits per heavy atom. The SMILES string of the molecule is CC(=O)OC(O)(Cc1ccccc1)C(=O)c1ccccc1. The number of Topliss-reactive ketones (excluding diaryl/α,β-unsaturated/α-hetero) is 1. The number of carbonyl (C=O) groups is 2. The maximum atomic E-state index is 12.5. The molecule has 0 radical (unpaired) electrons. The van der Waals surface area contributed by atoms with E-state index < -0.39 is 17.5 Å². The maximum absolute atomic E-state index is 12.5. The van der Waals surface area contributed by atoms with Crippen LogP contribution >= 0.6 is 0 Å². The van der Waals surface area contributed by atoms with Gasteiger partial charge in [-0.05, 0) is 5.56 Å². The van der Waals surface area contributed by atoms with Crippen LogP contribution in [0.5, 0.6) is 0 Å². The van der Waals surface area contributed by atoms with E-state index in [4.69, 9.17) is 4.74 Å². The number of rotatable bonds is 5. The van der Waals surface area contributed by atoms with Gasteiger partial charge in [0.15, 0.2) is 0 Å². The predicted molar refractivity (Wildman–Crippen MR) is 77.6 cm³/mol. The third kappa shape index (κ3) is 3.77. The van der Waals surface area contributed by atoms with Crippen LogP contribution in [0, 0.1) is 0 Å². The van der Waals surface area contributed by atoms with Gasteiger partial charge in [0.25, 0.3) is 5.79 Å². The van der Waals surface area contributed by atoms with Crippen molar-refractivity contribution in [2.24, 2.45) is 0 Å². The molecule has 0 aliphatic rings. The van der Waals surface area contributed by atoms with Gasteiger partial charge in [-0.15, -0.1) is 0 Å². The van der Waals surface area contributed by atoms with Gasteiger partial charge < -0.3 is 9.84 Å². The van der Waals surface area contributed by atoms with Gasteiger partial charge in [0, 0.05) is 18.9 Å². The van der Waals surface area contributed by atoms with Gasteiger partial charge in [-0.3, -0.25) is 9.59 Å². The van der Waals surface area contributed by atoms with Gasteiger partial charge in [-0.1, -0.05) is 60.7 Å². The van der Waals surface area contributed by atoms with Gasteiger partial charge in [0.1, 0.15) is 0 Å². The van der Waals surface area contributed by atoms with Crippen LogP contribution in [0.2, 0.25) is 0 Å². The fraction of sp³-hybridized carbons (Fsp3) is 0.176. The highest BCUT2D eigenvalue weighted by Gasteiger charge is 2.40. The van der Waals surface area contributed by atoms with E-state index in [2.05, 4.69) is 0 Å². The summed E-state index contributed by atoms with van der Waals surface area (Å²) in [5.74, 6) is -3.55. The Morgan fingerprint density at radius 1 is 1.00 bits per heavy atom. The summed E-state index contributed by atoms with van der Waals surface area (Å²) in [4.78, 5) is 23.7.